The molecule has 0 aliphatic heterocycles. The van der Waals surface area contributed by atoms with Crippen molar-refractivity contribution >= 4 is 11.8 Å². The van der Waals surface area contributed by atoms with Crippen molar-refractivity contribution in [3.05, 3.63) is 22.5 Å². The van der Waals surface area contributed by atoms with Crippen LogP contribution in [0.3, 0.4) is 0 Å². The number of halogens is 1. The van der Waals surface area contributed by atoms with E-state index in [0.29, 0.717) is 42.0 Å². The lowest BCUT2D eigenvalue weighted by Gasteiger charge is -2.58. The van der Waals surface area contributed by atoms with Crippen LogP contribution < -0.4 is 0 Å². The second kappa shape index (κ2) is 6.81. The molecule has 0 aromatic heterocycles. The Labute approximate surface area is 167 Å². The number of esters is 1. The van der Waals surface area contributed by atoms with Gasteiger partial charge in [-0.15, -0.1) is 0 Å². The van der Waals surface area contributed by atoms with Gasteiger partial charge in [-0.3, -0.25) is 4.79 Å². The predicted octanol–water partition coefficient (Wildman–Crippen LogP) is 5.70. The summed E-state index contributed by atoms with van der Waals surface area (Å²) in [5.74, 6) is 0.464. The first-order valence-corrected chi connectivity index (χ1v) is 11.0. The van der Waals surface area contributed by atoms with Crippen molar-refractivity contribution in [3.8, 4) is 0 Å². The number of hydrogen-bond acceptors (Lipinski definition) is 3. The zero-order valence-electron chi connectivity index (χ0n) is 17.7. The fourth-order valence-corrected chi connectivity index (χ4v) is 7.47. The van der Waals surface area contributed by atoms with Crippen LogP contribution in [-0.2, 0) is 14.3 Å². The van der Waals surface area contributed by atoms with Crippen molar-refractivity contribution in [3.63, 3.8) is 0 Å². The highest BCUT2D eigenvalue weighted by Crippen LogP contribution is 2.67. The molecule has 0 spiro atoms. The molecule has 3 fully saturated rings. The Morgan fingerprint density at radius 2 is 1.79 bits per heavy atom. The molecule has 0 heterocycles. The van der Waals surface area contributed by atoms with Gasteiger partial charge < -0.3 is 4.74 Å². The topological polar surface area (TPSA) is 43.4 Å². The predicted molar refractivity (Wildman–Crippen MR) is 106 cm³/mol. The van der Waals surface area contributed by atoms with Crippen LogP contribution in [0.1, 0.15) is 79.1 Å². The summed E-state index contributed by atoms with van der Waals surface area (Å²) >= 11 is 0. The summed E-state index contributed by atoms with van der Waals surface area (Å²) in [7, 11) is 0. The number of carbonyl (C=O) groups excluding carboxylic acids is 2. The third kappa shape index (κ3) is 2.66. The summed E-state index contributed by atoms with van der Waals surface area (Å²) in [5, 5.41) is 0. The molecule has 4 rings (SSSR count). The number of Topliss-reactive ketones (excluding diaryl/α,β-unsaturated/α-hetero) is 1. The van der Waals surface area contributed by atoms with Gasteiger partial charge in [-0.25, -0.2) is 4.79 Å². The van der Waals surface area contributed by atoms with Crippen molar-refractivity contribution < 1.29 is 18.7 Å². The van der Waals surface area contributed by atoms with Crippen LogP contribution in [0, 0.1) is 28.6 Å². The zero-order chi connectivity index (χ0) is 20.3. The second-order valence-corrected chi connectivity index (χ2v) is 9.87. The van der Waals surface area contributed by atoms with Crippen molar-refractivity contribution in [2.75, 3.05) is 6.61 Å². The van der Waals surface area contributed by atoms with E-state index >= 15 is 0 Å². The van der Waals surface area contributed by atoms with E-state index in [2.05, 4.69) is 13.8 Å². The van der Waals surface area contributed by atoms with Crippen LogP contribution >= 0.6 is 0 Å². The van der Waals surface area contributed by atoms with Crippen molar-refractivity contribution in [1.29, 1.82) is 0 Å². The molecule has 0 saturated heterocycles. The minimum absolute atomic E-state index is 0.119. The molecule has 0 bridgehead atoms. The summed E-state index contributed by atoms with van der Waals surface area (Å²) in [6.07, 6.45) is 7.34. The first kappa shape index (κ1) is 19.8. The normalized spacial score (nSPS) is 41.9. The van der Waals surface area contributed by atoms with E-state index in [1.54, 1.807) is 6.92 Å². The number of hydrogen-bond donors (Lipinski definition) is 0. The van der Waals surface area contributed by atoms with E-state index in [9.17, 15) is 14.0 Å². The molecule has 3 saturated carbocycles. The fourth-order valence-electron chi connectivity index (χ4n) is 7.47. The highest BCUT2D eigenvalue weighted by Gasteiger charge is 2.58. The molecule has 4 aliphatic carbocycles. The Kier molecular flexibility index (Phi) is 4.83. The van der Waals surface area contributed by atoms with Gasteiger partial charge in [0.1, 0.15) is 0 Å². The van der Waals surface area contributed by atoms with Gasteiger partial charge in [-0.05, 0) is 98.5 Å². The van der Waals surface area contributed by atoms with Crippen LogP contribution in [-0.4, -0.2) is 18.4 Å². The van der Waals surface area contributed by atoms with Gasteiger partial charge in [0.2, 0.25) is 5.83 Å². The molecule has 5 atom stereocenters. The van der Waals surface area contributed by atoms with E-state index in [-0.39, 0.29) is 17.4 Å². The maximum absolute atomic E-state index is 14.9. The summed E-state index contributed by atoms with van der Waals surface area (Å²) < 4.78 is 19.9. The Morgan fingerprint density at radius 3 is 2.50 bits per heavy atom. The van der Waals surface area contributed by atoms with E-state index in [0.717, 1.165) is 44.1 Å². The third-order valence-corrected chi connectivity index (χ3v) is 8.92. The smallest absolute Gasteiger partial charge is 0.367 e. The van der Waals surface area contributed by atoms with E-state index in [1.807, 2.05) is 6.92 Å². The van der Waals surface area contributed by atoms with Gasteiger partial charge >= 0.3 is 5.97 Å². The quantitative estimate of drug-likeness (QED) is 0.450. The number of ketones is 1. The first-order valence-electron chi connectivity index (χ1n) is 11.0. The van der Waals surface area contributed by atoms with Gasteiger partial charge in [0, 0.05) is 6.42 Å². The zero-order valence-corrected chi connectivity index (χ0v) is 17.7. The Balaban J connectivity index is 1.67. The number of ether oxygens (including phenoxy) is 1. The molecule has 0 aromatic carbocycles. The van der Waals surface area contributed by atoms with E-state index in [1.165, 1.54) is 5.57 Å². The van der Waals surface area contributed by atoms with Crippen LogP contribution in [0.2, 0.25) is 0 Å². The maximum Gasteiger partial charge on any atom is 0.367 e. The lowest BCUT2D eigenvalue weighted by Crippen LogP contribution is -2.50. The second-order valence-electron chi connectivity index (χ2n) is 9.87. The van der Waals surface area contributed by atoms with Crippen LogP contribution in [0.25, 0.3) is 0 Å². The summed E-state index contributed by atoms with van der Waals surface area (Å²) in [4.78, 5) is 24.3. The van der Waals surface area contributed by atoms with Gasteiger partial charge in [0.15, 0.2) is 5.78 Å². The molecule has 0 unspecified atom stereocenters. The van der Waals surface area contributed by atoms with Gasteiger partial charge in [0.05, 0.1) is 6.61 Å². The van der Waals surface area contributed by atoms with Crippen molar-refractivity contribution in [2.24, 2.45) is 28.6 Å². The van der Waals surface area contributed by atoms with Crippen LogP contribution in [0.15, 0.2) is 22.5 Å². The Bertz CT molecular complexity index is 779. The Morgan fingerprint density at radius 1 is 1.07 bits per heavy atom. The number of carbonyl (C=O) groups is 2. The first-order chi connectivity index (χ1) is 13.2. The highest BCUT2D eigenvalue weighted by atomic mass is 19.1. The summed E-state index contributed by atoms with van der Waals surface area (Å²) in [6.45, 7) is 8.50. The molecule has 154 valence electrons. The number of fused-ring (bicyclic) bond motifs is 5. The van der Waals surface area contributed by atoms with Gasteiger partial charge in [-0.2, -0.15) is 4.39 Å². The van der Waals surface area contributed by atoms with E-state index < -0.39 is 11.8 Å². The molecule has 28 heavy (non-hydrogen) atoms. The average molecular weight is 389 g/mol. The monoisotopic (exact) mass is 388 g/mol. The minimum Gasteiger partial charge on any atom is -0.461 e. The number of rotatable bonds is 2. The molecule has 3 nitrogen and oxygen atoms in total. The highest BCUT2D eigenvalue weighted by molar-refractivity contribution is 5.96. The fraction of sp³-hybridized carbons (Fsp3) is 0.750. The van der Waals surface area contributed by atoms with E-state index in [4.69, 9.17) is 4.74 Å². The molecular formula is C24H33FO3. The lowest BCUT2D eigenvalue weighted by molar-refractivity contribution is -0.140. The number of allylic oxidation sites excluding steroid dienone is 2. The van der Waals surface area contributed by atoms with Crippen molar-refractivity contribution in [2.45, 2.75) is 79.1 Å². The third-order valence-electron chi connectivity index (χ3n) is 8.92. The van der Waals surface area contributed by atoms with Gasteiger partial charge in [-0.1, -0.05) is 19.4 Å². The molecule has 0 aromatic rings. The lowest BCUT2D eigenvalue weighted by atomic mass is 9.46. The molecule has 4 heteroatoms. The molecule has 0 radical (unpaired) electrons. The Hall–Kier alpha value is -1.45. The minimum atomic E-state index is -0.788. The maximum atomic E-state index is 14.9. The largest absolute Gasteiger partial charge is 0.461 e. The van der Waals surface area contributed by atoms with Crippen LogP contribution in [0.5, 0.6) is 0 Å². The average Bonchev–Trinajstić information content (AvgIpc) is 3.02. The van der Waals surface area contributed by atoms with Gasteiger partial charge in [0.25, 0.3) is 0 Å². The molecule has 4 aliphatic rings. The molecular weight excluding hydrogens is 355 g/mol. The SMILES string of the molecule is CCOC(=O)C(F)=C1CC[C@H]2[C@@H]3CCC4=C(C)C(=O)CC[C@]4(C)[C@H]3CC[C@]12C. The summed E-state index contributed by atoms with van der Waals surface area (Å²) in [6, 6.07) is 0. The molecule has 0 N–H and O–H groups in total. The standard InChI is InChI=1S/C24H33FO3/c1-5-28-22(27)21(25)19-9-8-17-15-6-7-16-14(2)20(26)11-13-23(16,3)18(15)10-12-24(17,19)4/h15,17-18H,5-13H2,1-4H3/t15-,17-,18-,23-,24-/m0/s1. The van der Waals surface area contributed by atoms with Crippen molar-refractivity contribution in [1.82, 2.24) is 0 Å². The molecule has 0 amide bonds. The summed E-state index contributed by atoms with van der Waals surface area (Å²) in [5.41, 5.74) is 3.01. The van der Waals surface area contributed by atoms with Crippen LogP contribution in [0.4, 0.5) is 4.39 Å².